The van der Waals surface area contributed by atoms with Crippen LogP contribution >= 0.6 is 11.6 Å². The van der Waals surface area contributed by atoms with Crippen molar-refractivity contribution in [1.29, 1.82) is 0 Å². The van der Waals surface area contributed by atoms with E-state index in [0.717, 1.165) is 13.2 Å². The fourth-order valence-corrected chi connectivity index (χ4v) is 1.30. The van der Waals surface area contributed by atoms with E-state index in [0.29, 0.717) is 0 Å². The molecule has 0 heterocycles. The summed E-state index contributed by atoms with van der Waals surface area (Å²) in [6.07, 6.45) is 0.270. The highest BCUT2D eigenvalue weighted by molar-refractivity contribution is 6.32. The fourth-order valence-electron chi connectivity index (χ4n) is 1.10. The van der Waals surface area contributed by atoms with Crippen LogP contribution in [0.5, 0.6) is 11.5 Å². The molecule has 80 valence electrons. The van der Waals surface area contributed by atoms with Gasteiger partial charge in [0.05, 0.1) is 22.6 Å². The Labute approximate surface area is 89.2 Å². The van der Waals surface area contributed by atoms with Crippen molar-refractivity contribution in [3.63, 3.8) is 0 Å². The van der Waals surface area contributed by atoms with Crippen molar-refractivity contribution in [3.05, 3.63) is 26.8 Å². The van der Waals surface area contributed by atoms with Gasteiger partial charge in [0.1, 0.15) is 0 Å². The van der Waals surface area contributed by atoms with E-state index in [4.69, 9.17) is 11.6 Å². The molecule has 0 aliphatic rings. The molecule has 0 radical (unpaired) electrons. The van der Waals surface area contributed by atoms with Gasteiger partial charge in [0, 0.05) is 0 Å². The maximum atomic E-state index is 10.6. The lowest BCUT2D eigenvalue weighted by atomic mass is 10.1. The highest BCUT2D eigenvalue weighted by Crippen LogP contribution is 2.43. The molecule has 6 nitrogen and oxygen atoms in total. The van der Waals surface area contributed by atoms with E-state index in [1.165, 1.54) is 0 Å². The van der Waals surface area contributed by atoms with Crippen LogP contribution < -0.4 is 4.74 Å². The summed E-state index contributed by atoms with van der Waals surface area (Å²) < 4.78 is 4.63. The van der Waals surface area contributed by atoms with Crippen LogP contribution in [0.25, 0.3) is 0 Å². The molecule has 0 fully saturated rings. The number of benzene rings is 1. The molecule has 1 N–H and O–H groups in total. The monoisotopic (exact) mass is 231 g/mol. The standard InChI is InChI=1S/C8H6ClNO5/c1-15-8-6(10(13)14)4(3-11)2-5(9)7(8)12/h2-3,12H,1H3. The van der Waals surface area contributed by atoms with Crippen molar-refractivity contribution < 1.29 is 19.6 Å². The normalized spacial score (nSPS) is 9.73. The van der Waals surface area contributed by atoms with Crippen LogP contribution in [0.15, 0.2) is 6.07 Å². The minimum atomic E-state index is -0.821. The molecule has 0 saturated heterocycles. The number of aromatic hydroxyl groups is 1. The first-order valence-corrected chi connectivity index (χ1v) is 4.09. The lowest BCUT2D eigenvalue weighted by Crippen LogP contribution is -1.99. The Morgan fingerprint density at radius 3 is 2.67 bits per heavy atom. The summed E-state index contributed by atoms with van der Waals surface area (Å²) in [4.78, 5) is 20.4. The van der Waals surface area contributed by atoms with E-state index < -0.39 is 22.1 Å². The van der Waals surface area contributed by atoms with Crippen LogP contribution in [0.4, 0.5) is 5.69 Å². The number of hydrogen-bond donors (Lipinski definition) is 1. The predicted octanol–water partition coefficient (Wildman–Crippen LogP) is 1.77. The van der Waals surface area contributed by atoms with Gasteiger partial charge < -0.3 is 9.84 Å². The molecule has 0 aliphatic heterocycles. The molecule has 0 saturated carbocycles. The molecule has 0 bridgehead atoms. The van der Waals surface area contributed by atoms with Gasteiger partial charge in [0.15, 0.2) is 12.0 Å². The van der Waals surface area contributed by atoms with Gasteiger partial charge in [-0.25, -0.2) is 0 Å². The molecule has 1 rings (SSSR count). The van der Waals surface area contributed by atoms with Crippen molar-refractivity contribution in [2.75, 3.05) is 7.11 Å². The SMILES string of the molecule is COc1c(O)c(Cl)cc(C=O)c1[N+](=O)[O-]. The molecule has 1 aromatic carbocycles. The van der Waals surface area contributed by atoms with E-state index in [9.17, 15) is 20.0 Å². The lowest BCUT2D eigenvalue weighted by Gasteiger charge is -2.06. The highest BCUT2D eigenvalue weighted by atomic mass is 35.5. The zero-order chi connectivity index (χ0) is 11.6. The second-order valence-corrected chi connectivity index (χ2v) is 2.96. The highest BCUT2D eigenvalue weighted by Gasteiger charge is 2.26. The van der Waals surface area contributed by atoms with Gasteiger partial charge in [0.25, 0.3) is 0 Å². The molecule has 15 heavy (non-hydrogen) atoms. The minimum Gasteiger partial charge on any atom is -0.503 e. The molecule has 0 aliphatic carbocycles. The van der Waals surface area contributed by atoms with E-state index >= 15 is 0 Å². The maximum absolute atomic E-state index is 10.6. The number of halogens is 1. The molecule has 0 spiro atoms. The lowest BCUT2D eigenvalue weighted by molar-refractivity contribution is -0.386. The third-order valence-corrected chi connectivity index (χ3v) is 2.01. The van der Waals surface area contributed by atoms with Crippen LogP contribution in [0.1, 0.15) is 10.4 Å². The quantitative estimate of drug-likeness (QED) is 0.486. The zero-order valence-corrected chi connectivity index (χ0v) is 8.32. The summed E-state index contributed by atoms with van der Waals surface area (Å²) in [5, 5.41) is 19.8. The Hall–Kier alpha value is -1.82. The number of phenolic OH excluding ortho intramolecular Hbond substituents is 1. The number of nitro benzene ring substituents is 1. The van der Waals surface area contributed by atoms with Gasteiger partial charge in [-0.1, -0.05) is 11.6 Å². The number of ether oxygens (including phenoxy) is 1. The molecule has 0 unspecified atom stereocenters. The van der Waals surface area contributed by atoms with E-state index in [2.05, 4.69) is 4.74 Å². The first-order valence-electron chi connectivity index (χ1n) is 3.72. The molecule has 1 aromatic rings. The summed E-state index contributed by atoms with van der Waals surface area (Å²) >= 11 is 5.54. The van der Waals surface area contributed by atoms with Gasteiger partial charge in [-0.05, 0) is 6.07 Å². The van der Waals surface area contributed by atoms with Crippen molar-refractivity contribution in [2.45, 2.75) is 0 Å². The maximum Gasteiger partial charge on any atom is 0.325 e. The molecular weight excluding hydrogens is 226 g/mol. The topological polar surface area (TPSA) is 89.7 Å². The Kier molecular flexibility index (Phi) is 3.11. The number of carbonyl (C=O) groups is 1. The number of aldehydes is 1. The molecule has 0 aromatic heterocycles. The average molecular weight is 232 g/mol. The minimum absolute atomic E-state index is 0.181. The summed E-state index contributed by atoms with van der Waals surface area (Å²) in [6, 6.07) is 1.00. The van der Waals surface area contributed by atoms with Gasteiger partial charge >= 0.3 is 5.69 Å². The second-order valence-electron chi connectivity index (χ2n) is 2.55. The first-order chi connectivity index (χ1) is 7.02. The Bertz CT molecular complexity index is 432. The summed E-state index contributed by atoms with van der Waals surface area (Å²) in [5.41, 5.74) is -0.853. The van der Waals surface area contributed by atoms with Gasteiger partial charge in [-0.15, -0.1) is 0 Å². The summed E-state index contributed by atoms with van der Waals surface area (Å²) in [5.74, 6) is -0.980. The predicted molar refractivity (Wildman–Crippen MR) is 51.7 cm³/mol. The van der Waals surface area contributed by atoms with Crippen molar-refractivity contribution >= 4 is 23.6 Å². The Morgan fingerprint density at radius 2 is 2.27 bits per heavy atom. The average Bonchev–Trinajstić information content (AvgIpc) is 2.20. The van der Waals surface area contributed by atoms with Gasteiger partial charge in [0.2, 0.25) is 5.75 Å². The molecule has 0 amide bonds. The molecular formula is C8H6ClNO5. The largest absolute Gasteiger partial charge is 0.503 e. The van der Waals surface area contributed by atoms with E-state index in [1.54, 1.807) is 0 Å². The van der Waals surface area contributed by atoms with Crippen LogP contribution in [0.2, 0.25) is 5.02 Å². The van der Waals surface area contributed by atoms with Crippen molar-refractivity contribution in [1.82, 2.24) is 0 Å². The van der Waals surface area contributed by atoms with E-state index in [-0.39, 0.29) is 16.9 Å². The van der Waals surface area contributed by atoms with Crippen molar-refractivity contribution in [3.8, 4) is 11.5 Å². The van der Waals surface area contributed by atoms with Gasteiger partial charge in [-0.3, -0.25) is 14.9 Å². The Balaban J connectivity index is 3.64. The molecule has 7 heteroatoms. The number of carbonyl (C=O) groups excluding carboxylic acids is 1. The number of hydrogen-bond acceptors (Lipinski definition) is 5. The first kappa shape index (κ1) is 11.3. The third-order valence-electron chi connectivity index (χ3n) is 1.73. The molecule has 0 atom stereocenters. The number of phenols is 1. The third kappa shape index (κ3) is 1.84. The number of methoxy groups -OCH3 is 1. The van der Waals surface area contributed by atoms with Crippen LogP contribution in [0.3, 0.4) is 0 Å². The smallest absolute Gasteiger partial charge is 0.325 e. The van der Waals surface area contributed by atoms with Crippen molar-refractivity contribution in [2.24, 2.45) is 0 Å². The second kappa shape index (κ2) is 4.14. The number of rotatable bonds is 3. The van der Waals surface area contributed by atoms with Crippen LogP contribution in [0, 0.1) is 10.1 Å². The summed E-state index contributed by atoms with van der Waals surface area (Å²) in [6.45, 7) is 0. The van der Waals surface area contributed by atoms with Gasteiger partial charge in [-0.2, -0.15) is 0 Å². The number of nitrogens with zero attached hydrogens (tertiary/aromatic N) is 1. The fraction of sp³-hybridized carbons (Fsp3) is 0.125. The Morgan fingerprint density at radius 1 is 1.67 bits per heavy atom. The van der Waals surface area contributed by atoms with E-state index in [1.807, 2.05) is 0 Å². The van der Waals surface area contributed by atoms with Crippen LogP contribution in [-0.2, 0) is 0 Å². The van der Waals surface area contributed by atoms with Crippen LogP contribution in [-0.4, -0.2) is 23.4 Å². The zero-order valence-electron chi connectivity index (χ0n) is 7.56. The number of nitro groups is 1. The summed E-state index contributed by atoms with van der Waals surface area (Å²) in [7, 11) is 1.13.